The molecule has 1 saturated heterocycles. The lowest BCUT2D eigenvalue weighted by Crippen LogP contribution is -2.60. The van der Waals surface area contributed by atoms with Crippen LogP contribution in [-0.2, 0) is 52.7 Å². The molecular formula is C27H34N2O13PS2+. The van der Waals surface area contributed by atoms with Crippen molar-refractivity contribution in [2.45, 2.75) is 43.0 Å². The van der Waals surface area contributed by atoms with E-state index in [4.69, 9.17) is 23.0 Å². The topological polar surface area (TPSA) is 192 Å². The average molecular weight is 690 g/mol. The van der Waals surface area contributed by atoms with E-state index in [0.717, 1.165) is 45.6 Å². The second kappa shape index (κ2) is 13.4. The van der Waals surface area contributed by atoms with E-state index >= 15 is 0 Å². The maximum absolute atomic E-state index is 14.7. The van der Waals surface area contributed by atoms with E-state index in [1.807, 2.05) is 0 Å². The largest absolute Gasteiger partial charge is 0.478 e. The van der Waals surface area contributed by atoms with Crippen molar-refractivity contribution >= 4 is 45.9 Å². The number of rotatable bonds is 13. The minimum atomic E-state index is -5.36. The number of aryl methyl sites for hydroxylation is 2. The molecule has 3 amide bonds. The Bertz CT molecular complexity index is 1700. The number of amides is 3. The summed E-state index contributed by atoms with van der Waals surface area (Å²) in [6.45, 7) is 5.18. The number of ether oxygens (including phenoxy) is 2. The molecule has 0 saturated carbocycles. The first-order chi connectivity index (χ1) is 21.1. The van der Waals surface area contributed by atoms with Crippen molar-refractivity contribution in [3.63, 3.8) is 0 Å². The van der Waals surface area contributed by atoms with Crippen molar-refractivity contribution in [3.05, 3.63) is 70.9 Å². The molecule has 0 aliphatic carbocycles. The van der Waals surface area contributed by atoms with Gasteiger partial charge in [0.2, 0.25) is 0 Å². The lowest BCUT2D eigenvalue weighted by Gasteiger charge is -2.34. The van der Waals surface area contributed by atoms with Crippen molar-refractivity contribution in [2.75, 3.05) is 34.5 Å². The second-order valence-corrected chi connectivity index (χ2v) is 15.4. The molecule has 1 fully saturated rings. The van der Waals surface area contributed by atoms with Crippen LogP contribution in [0.3, 0.4) is 0 Å². The number of carbonyl (C=O) groups is 3. The van der Waals surface area contributed by atoms with Crippen LogP contribution in [0, 0.1) is 13.8 Å². The number of hydrogen-bond donors (Lipinski definition) is 1. The summed E-state index contributed by atoms with van der Waals surface area (Å²) in [5.74, 6) is -5.05. The molecule has 0 bridgehead atoms. The van der Waals surface area contributed by atoms with Gasteiger partial charge in [0, 0.05) is 0 Å². The Morgan fingerprint density at radius 3 is 1.60 bits per heavy atom. The number of hydrogen-bond acceptors (Lipinski definition) is 13. The highest BCUT2D eigenvalue weighted by atomic mass is 32.2. The summed E-state index contributed by atoms with van der Waals surface area (Å²) in [6, 6.07) is 7.82. The normalized spacial score (nSPS) is 18.2. The molecule has 2 aromatic carbocycles. The van der Waals surface area contributed by atoms with Gasteiger partial charge in [-0.25, -0.2) is 26.4 Å². The molecule has 2 aromatic rings. The fourth-order valence-corrected chi connectivity index (χ4v) is 9.55. The number of carbonyl (C=O) groups excluding carboxylic acids is 3. The zero-order chi connectivity index (χ0) is 34.0. The van der Waals surface area contributed by atoms with Gasteiger partial charge in [0.05, 0.1) is 44.3 Å². The first kappa shape index (κ1) is 35.9. The first-order valence-corrected chi connectivity index (χ1v) is 17.6. The zero-order valence-electron chi connectivity index (χ0n) is 25.5. The van der Waals surface area contributed by atoms with Crippen LogP contribution >= 0.6 is 7.94 Å². The fraction of sp³-hybridized carbons (Fsp3) is 0.370. The predicted octanol–water partition coefficient (Wildman–Crippen LogP) is 3.41. The number of benzene rings is 2. The van der Waals surface area contributed by atoms with Gasteiger partial charge in [-0.1, -0.05) is 35.4 Å². The summed E-state index contributed by atoms with van der Waals surface area (Å²) in [7, 11) is -12.1. The Morgan fingerprint density at radius 1 is 0.778 bits per heavy atom. The van der Waals surface area contributed by atoms with Crippen molar-refractivity contribution in [1.29, 1.82) is 0 Å². The third kappa shape index (κ3) is 5.79. The minimum absolute atomic E-state index is 0.271. The molecule has 45 heavy (non-hydrogen) atoms. The molecule has 18 heteroatoms. The van der Waals surface area contributed by atoms with Crippen LogP contribution in [0.5, 0.6) is 0 Å². The molecule has 15 nitrogen and oxygen atoms in total. The maximum Gasteiger partial charge on any atom is 0.454 e. The lowest BCUT2D eigenvalue weighted by atomic mass is 9.99. The molecule has 246 valence electrons. The predicted molar refractivity (Wildman–Crippen MR) is 159 cm³/mol. The van der Waals surface area contributed by atoms with Crippen molar-refractivity contribution < 1.29 is 59.4 Å². The Hall–Kier alpha value is -3.60. The smallest absolute Gasteiger partial charge is 0.454 e. The fourth-order valence-electron chi connectivity index (χ4n) is 4.55. The summed E-state index contributed by atoms with van der Waals surface area (Å²) >= 11 is 0. The Balaban J connectivity index is 2.64. The number of nitrogens with zero attached hydrogens (tertiary/aromatic N) is 2. The van der Waals surface area contributed by atoms with E-state index in [-0.39, 0.29) is 15.2 Å². The molecule has 1 N–H and O–H groups in total. The van der Waals surface area contributed by atoms with Crippen molar-refractivity contribution in [3.8, 4) is 0 Å². The summed E-state index contributed by atoms with van der Waals surface area (Å²) in [6.07, 6.45) is 0. The minimum Gasteiger partial charge on any atom is -0.478 e. The number of imide groups is 1. The van der Waals surface area contributed by atoms with E-state index in [1.165, 1.54) is 38.1 Å². The van der Waals surface area contributed by atoms with Crippen LogP contribution in [0.1, 0.15) is 25.0 Å². The number of aliphatic hydroxyl groups is 1. The Labute approximate surface area is 261 Å². The van der Waals surface area contributed by atoms with E-state index in [0.29, 0.717) is 11.1 Å². The van der Waals surface area contributed by atoms with Gasteiger partial charge in [-0.3, -0.25) is 4.79 Å². The van der Waals surface area contributed by atoms with Gasteiger partial charge in [0.1, 0.15) is 0 Å². The van der Waals surface area contributed by atoms with Crippen molar-refractivity contribution in [2.24, 2.45) is 0 Å². The van der Waals surface area contributed by atoms with Crippen molar-refractivity contribution in [1.82, 2.24) is 8.61 Å². The number of esters is 1. The highest BCUT2D eigenvalue weighted by molar-refractivity contribution is 7.91. The standard InChI is InChI=1S/C27H33N2O13PS2/c1-8-41-23(30)22(43(38-5,39-6)40-7)27(25(32)42-9-2)24(31)28(44(34,35)20-14-10-18(3)11-15-20)26(33)29(27)45(36,37)21-16-12-19(4)13-17-21/h10-17H,8-9H2,1-7H3/p+1/b23-22-. The Kier molecular flexibility index (Phi) is 10.7. The molecule has 0 radical (unpaired) electrons. The molecule has 0 spiro atoms. The zero-order valence-corrected chi connectivity index (χ0v) is 28.1. The number of urea groups is 1. The van der Waals surface area contributed by atoms with Crippen LogP contribution in [0.25, 0.3) is 0 Å². The van der Waals surface area contributed by atoms with E-state index in [1.54, 1.807) is 13.8 Å². The number of aliphatic hydroxyl groups excluding tert-OH is 1. The van der Waals surface area contributed by atoms with Gasteiger partial charge >= 0.3 is 31.4 Å². The number of sulfonamides is 2. The highest BCUT2D eigenvalue weighted by Gasteiger charge is 2.81. The molecule has 1 aliphatic rings. The first-order valence-electron chi connectivity index (χ1n) is 13.2. The van der Waals surface area contributed by atoms with Crippen LogP contribution in [0.15, 0.2) is 69.6 Å². The third-order valence-corrected chi connectivity index (χ3v) is 12.6. The highest BCUT2D eigenvalue weighted by Crippen LogP contribution is 2.72. The van der Waals surface area contributed by atoms with Gasteiger partial charge < -0.3 is 14.6 Å². The van der Waals surface area contributed by atoms with Gasteiger partial charge in [-0.2, -0.15) is 17.9 Å². The SMILES string of the molecule is CCOC(=O)C1(/C(=C(\O)OCC)[P+](OC)(OC)OC)C(=O)N(S(=O)(=O)c2ccc(C)cc2)C(=O)N1S(=O)(=O)c1ccc(C)cc1. The molecule has 3 rings (SSSR count). The van der Waals surface area contributed by atoms with Crippen LogP contribution in [0.4, 0.5) is 4.79 Å². The lowest BCUT2D eigenvalue weighted by molar-refractivity contribution is -0.155. The summed E-state index contributed by atoms with van der Waals surface area (Å²) < 4.78 is 82.8. The summed E-state index contributed by atoms with van der Waals surface area (Å²) in [5, 5.41) is 10.2. The molecule has 1 heterocycles. The van der Waals surface area contributed by atoms with Gasteiger partial charge in [-0.05, 0) is 52.0 Å². The molecule has 1 aliphatic heterocycles. The Morgan fingerprint density at radius 2 is 1.20 bits per heavy atom. The summed E-state index contributed by atoms with van der Waals surface area (Å²) in [4.78, 5) is 42.0. The third-order valence-electron chi connectivity index (χ3n) is 6.66. The maximum atomic E-state index is 14.7. The van der Waals surface area contributed by atoms with E-state index in [2.05, 4.69) is 0 Å². The second-order valence-electron chi connectivity index (χ2n) is 9.32. The average Bonchev–Trinajstić information content (AvgIpc) is 3.24. The monoisotopic (exact) mass is 689 g/mol. The molecular weight excluding hydrogens is 655 g/mol. The summed E-state index contributed by atoms with van der Waals surface area (Å²) in [5.41, 5.74) is -2.43. The van der Waals surface area contributed by atoms with E-state index < -0.39 is 79.1 Å². The van der Waals surface area contributed by atoms with Crippen LogP contribution < -0.4 is 0 Å². The molecule has 1 unspecified atom stereocenters. The quantitative estimate of drug-likeness (QED) is 0.106. The van der Waals surface area contributed by atoms with Gasteiger partial charge in [0.15, 0.2) is 0 Å². The van der Waals surface area contributed by atoms with Gasteiger partial charge in [0.25, 0.3) is 31.3 Å². The molecule has 0 aromatic heterocycles. The van der Waals surface area contributed by atoms with Crippen LogP contribution in [0.2, 0.25) is 0 Å². The molecule has 1 atom stereocenters. The van der Waals surface area contributed by atoms with E-state index in [9.17, 15) is 36.3 Å². The van der Waals surface area contributed by atoms with Gasteiger partial charge in [-0.15, -0.1) is 4.31 Å². The van der Waals surface area contributed by atoms with Crippen LogP contribution in [-0.4, -0.2) is 88.5 Å².